The number of aromatic nitrogens is 1. The van der Waals surface area contributed by atoms with E-state index in [4.69, 9.17) is 9.84 Å². The van der Waals surface area contributed by atoms with Gasteiger partial charge in [-0.1, -0.05) is 0 Å². The molecule has 18 heavy (non-hydrogen) atoms. The van der Waals surface area contributed by atoms with Crippen molar-refractivity contribution in [2.45, 2.75) is 13.0 Å². The van der Waals surface area contributed by atoms with Gasteiger partial charge in [-0.25, -0.2) is 9.78 Å². The average Bonchev–Trinajstić information content (AvgIpc) is 2.38. The molecular formula is C12H14N2O4. The van der Waals surface area contributed by atoms with E-state index >= 15 is 0 Å². The maximum absolute atomic E-state index is 12.2. The molecule has 1 aromatic heterocycles. The Labute approximate surface area is 104 Å². The second-order valence-electron chi connectivity index (χ2n) is 4.16. The van der Waals surface area contributed by atoms with Crippen molar-refractivity contribution in [1.29, 1.82) is 0 Å². The maximum Gasteiger partial charge on any atom is 0.354 e. The molecule has 1 aliphatic rings. The van der Waals surface area contributed by atoms with Gasteiger partial charge in [0.25, 0.3) is 5.91 Å². The Morgan fingerprint density at radius 2 is 2.33 bits per heavy atom. The van der Waals surface area contributed by atoms with Crippen LogP contribution in [-0.2, 0) is 4.74 Å². The molecule has 6 nitrogen and oxygen atoms in total. The molecule has 2 rings (SSSR count). The van der Waals surface area contributed by atoms with Crippen molar-refractivity contribution in [1.82, 2.24) is 9.88 Å². The fourth-order valence-electron chi connectivity index (χ4n) is 1.88. The zero-order valence-corrected chi connectivity index (χ0v) is 10.00. The lowest BCUT2D eigenvalue weighted by molar-refractivity contribution is 0.00358. The summed E-state index contributed by atoms with van der Waals surface area (Å²) in [6.07, 6.45) is 1.34. The van der Waals surface area contributed by atoms with Crippen LogP contribution in [0.15, 0.2) is 18.3 Å². The third-order valence-electron chi connectivity index (χ3n) is 2.85. The van der Waals surface area contributed by atoms with Crippen molar-refractivity contribution in [3.63, 3.8) is 0 Å². The molecule has 0 aromatic carbocycles. The van der Waals surface area contributed by atoms with Gasteiger partial charge in [-0.05, 0) is 19.1 Å². The molecular weight excluding hydrogens is 236 g/mol. The normalized spacial score (nSPS) is 19.6. The lowest BCUT2D eigenvalue weighted by atomic mass is 10.1. The Hall–Kier alpha value is -1.95. The first-order chi connectivity index (χ1) is 8.59. The van der Waals surface area contributed by atoms with Gasteiger partial charge in [0.15, 0.2) is 0 Å². The number of morpholine rings is 1. The van der Waals surface area contributed by atoms with E-state index in [2.05, 4.69) is 4.98 Å². The van der Waals surface area contributed by atoms with E-state index in [9.17, 15) is 9.59 Å². The highest BCUT2D eigenvalue weighted by atomic mass is 16.5. The number of hydrogen-bond donors (Lipinski definition) is 1. The summed E-state index contributed by atoms with van der Waals surface area (Å²) in [5.74, 6) is -1.32. The van der Waals surface area contributed by atoms with Crippen LogP contribution < -0.4 is 0 Å². The van der Waals surface area contributed by atoms with E-state index in [1.54, 1.807) is 4.90 Å². The number of amides is 1. The molecule has 0 radical (unpaired) electrons. The van der Waals surface area contributed by atoms with Crippen LogP contribution >= 0.6 is 0 Å². The summed E-state index contributed by atoms with van der Waals surface area (Å²) in [6, 6.07) is 2.82. The molecule has 1 amide bonds. The quantitative estimate of drug-likeness (QED) is 0.833. The van der Waals surface area contributed by atoms with Crippen molar-refractivity contribution < 1.29 is 19.4 Å². The van der Waals surface area contributed by atoms with Crippen LogP contribution in [-0.4, -0.2) is 52.7 Å². The molecule has 0 saturated carbocycles. The standard InChI is InChI=1S/C12H14N2O4/c1-8-7-18-5-4-14(8)11(15)9-2-3-13-10(6-9)12(16)17/h2-3,6,8H,4-5,7H2,1H3,(H,16,17). The van der Waals surface area contributed by atoms with Crippen LogP contribution in [0.25, 0.3) is 0 Å². The number of ether oxygens (including phenoxy) is 1. The van der Waals surface area contributed by atoms with E-state index in [1.165, 1.54) is 18.3 Å². The highest BCUT2D eigenvalue weighted by Crippen LogP contribution is 2.12. The Balaban J connectivity index is 2.22. The molecule has 1 aromatic rings. The predicted molar refractivity (Wildman–Crippen MR) is 62.5 cm³/mol. The van der Waals surface area contributed by atoms with Gasteiger partial charge in [0, 0.05) is 18.3 Å². The number of hydrogen-bond acceptors (Lipinski definition) is 4. The SMILES string of the molecule is CC1COCCN1C(=O)c1ccnc(C(=O)O)c1. The minimum absolute atomic E-state index is 0.00677. The number of aromatic carboxylic acids is 1. The first-order valence-electron chi connectivity index (χ1n) is 5.67. The van der Waals surface area contributed by atoms with Crippen LogP contribution in [0.3, 0.4) is 0 Å². The average molecular weight is 250 g/mol. The number of pyridine rings is 1. The van der Waals surface area contributed by atoms with Crippen LogP contribution in [0.2, 0.25) is 0 Å². The minimum atomic E-state index is -1.14. The Morgan fingerprint density at radius 3 is 3.00 bits per heavy atom. The van der Waals surface area contributed by atoms with Crippen molar-refractivity contribution in [2.75, 3.05) is 19.8 Å². The van der Waals surface area contributed by atoms with E-state index in [0.717, 1.165) is 0 Å². The van der Waals surface area contributed by atoms with Crippen LogP contribution in [0.4, 0.5) is 0 Å². The zero-order valence-electron chi connectivity index (χ0n) is 10.00. The van der Waals surface area contributed by atoms with Gasteiger partial charge in [0.05, 0.1) is 19.3 Å². The van der Waals surface area contributed by atoms with Crippen LogP contribution in [0.5, 0.6) is 0 Å². The highest BCUT2D eigenvalue weighted by molar-refractivity contribution is 5.96. The predicted octanol–water partition coefficient (Wildman–Crippen LogP) is 0.641. The second-order valence-corrected chi connectivity index (χ2v) is 4.16. The molecule has 0 spiro atoms. The van der Waals surface area contributed by atoms with E-state index in [0.29, 0.717) is 25.3 Å². The lowest BCUT2D eigenvalue weighted by Crippen LogP contribution is -2.47. The molecule has 96 valence electrons. The minimum Gasteiger partial charge on any atom is -0.477 e. The van der Waals surface area contributed by atoms with Crippen molar-refractivity contribution in [3.8, 4) is 0 Å². The zero-order chi connectivity index (χ0) is 13.1. The summed E-state index contributed by atoms with van der Waals surface area (Å²) < 4.78 is 5.26. The molecule has 1 fully saturated rings. The number of rotatable bonds is 2. The third-order valence-corrected chi connectivity index (χ3v) is 2.85. The summed E-state index contributed by atoms with van der Waals surface area (Å²) in [4.78, 5) is 28.4. The number of carbonyl (C=O) groups is 2. The number of carboxylic acids is 1. The van der Waals surface area contributed by atoms with Crippen LogP contribution in [0.1, 0.15) is 27.8 Å². The van der Waals surface area contributed by atoms with Crippen molar-refractivity contribution in [2.24, 2.45) is 0 Å². The third kappa shape index (κ3) is 2.48. The monoisotopic (exact) mass is 250 g/mol. The second kappa shape index (κ2) is 5.14. The molecule has 0 bridgehead atoms. The molecule has 1 N–H and O–H groups in total. The van der Waals surface area contributed by atoms with Gasteiger partial charge in [-0.3, -0.25) is 4.79 Å². The van der Waals surface area contributed by atoms with Gasteiger partial charge < -0.3 is 14.7 Å². The molecule has 0 aliphatic carbocycles. The fourth-order valence-corrected chi connectivity index (χ4v) is 1.88. The summed E-state index contributed by atoms with van der Waals surface area (Å²) in [5.41, 5.74) is 0.220. The van der Waals surface area contributed by atoms with Gasteiger partial charge in [0.2, 0.25) is 0 Å². The molecule has 1 aliphatic heterocycles. The molecule has 1 saturated heterocycles. The summed E-state index contributed by atoms with van der Waals surface area (Å²) >= 11 is 0. The molecule has 1 atom stereocenters. The van der Waals surface area contributed by atoms with E-state index in [1.807, 2.05) is 6.92 Å². The largest absolute Gasteiger partial charge is 0.477 e. The first kappa shape index (κ1) is 12.5. The first-order valence-corrected chi connectivity index (χ1v) is 5.67. The lowest BCUT2D eigenvalue weighted by Gasteiger charge is -2.33. The Morgan fingerprint density at radius 1 is 1.56 bits per heavy atom. The van der Waals surface area contributed by atoms with Gasteiger partial charge >= 0.3 is 5.97 Å². The van der Waals surface area contributed by atoms with Gasteiger partial charge in [-0.2, -0.15) is 0 Å². The van der Waals surface area contributed by atoms with E-state index in [-0.39, 0.29) is 17.6 Å². The topological polar surface area (TPSA) is 79.7 Å². The van der Waals surface area contributed by atoms with Gasteiger partial charge in [0.1, 0.15) is 5.69 Å². The van der Waals surface area contributed by atoms with Crippen molar-refractivity contribution >= 4 is 11.9 Å². The number of carboxylic acid groups (broad SMARTS) is 1. The molecule has 6 heteroatoms. The molecule has 1 unspecified atom stereocenters. The summed E-state index contributed by atoms with van der Waals surface area (Å²) in [7, 11) is 0. The van der Waals surface area contributed by atoms with Crippen molar-refractivity contribution in [3.05, 3.63) is 29.6 Å². The summed E-state index contributed by atoms with van der Waals surface area (Å²) in [6.45, 7) is 3.43. The summed E-state index contributed by atoms with van der Waals surface area (Å²) in [5, 5.41) is 8.85. The van der Waals surface area contributed by atoms with E-state index < -0.39 is 5.97 Å². The highest BCUT2D eigenvalue weighted by Gasteiger charge is 2.25. The Kier molecular flexibility index (Phi) is 3.57. The Bertz CT molecular complexity index is 475. The molecule has 2 heterocycles. The number of carbonyl (C=O) groups excluding carboxylic acids is 1. The maximum atomic E-state index is 12.2. The van der Waals surface area contributed by atoms with Crippen LogP contribution in [0, 0.1) is 0 Å². The van der Waals surface area contributed by atoms with Gasteiger partial charge in [-0.15, -0.1) is 0 Å². The smallest absolute Gasteiger partial charge is 0.354 e. The number of nitrogens with zero attached hydrogens (tertiary/aromatic N) is 2. The fraction of sp³-hybridized carbons (Fsp3) is 0.417.